The third-order valence-corrected chi connectivity index (χ3v) is 3.22. The van der Waals surface area contributed by atoms with Crippen LogP contribution in [0.1, 0.15) is 31.3 Å². The Labute approximate surface area is 131 Å². The number of rotatable bonds is 3. The molecule has 0 atom stereocenters. The summed E-state index contributed by atoms with van der Waals surface area (Å²) in [6, 6.07) is 6.15. The summed E-state index contributed by atoms with van der Waals surface area (Å²) in [5.74, 6) is -1.33. The maximum Gasteiger partial charge on any atom is 0.286 e. The number of carbonyl (C=O) groups excluding carboxylic acids is 3. The van der Waals surface area contributed by atoms with Crippen LogP contribution >= 0.6 is 0 Å². The third kappa shape index (κ3) is 2.55. The topological polar surface area (TPSA) is 95.5 Å². The Morgan fingerprint density at radius 3 is 2.00 bits per heavy atom. The first-order valence-electron chi connectivity index (χ1n) is 6.77. The fraction of sp³-hybridized carbons (Fsp3) is 0.133. The van der Waals surface area contributed by atoms with Crippen LogP contribution in [0.5, 0.6) is 0 Å². The van der Waals surface area contributed by atoms with E-state index in [9.17, 15) is 14.4 Å². The van der Waals surface area contributed by atoms with Crippen LogP contribution in [0.25, 0.3) is 0 Å². The Kier molecular flexibility index (Phi) is 3.59. The van der Waals surface area contributed by atoms with Gasteiger partial charge in [0.2, 0.25) is 0 Å². The molecule has 0 fully saturated rings. The van der Waals surface area contributed by atoms with Crippen LogP contribution in [0, 0.1) is 0 Å². The van der Waals surface area contributed by atoms with Crippen molar-refractivity contribution in [3.63, 3.8) is 0 Å². The summed E-state index contributed by atoms with van der Waals surface area (Å²) in [7, 11) is 3.40. The van der Waals surface area contributed by atoms with Crippen LogP contribution < -0.4 is 10.3 Å². The average Bonchev–Trinajstić information content (AvgIpc) is 2.79. The zero-order valence-electron chi connectivity index (χ0n) is 12.5. The summed E-state index contributed by atoms with van der Waals surface area (Å²) in [5.41, 5.74) is 3.45. The minimum absolute atomic E-state index is 0.0342. The van der Waals surface area contributed by atoms with E-state index in [0.717, 1.165) is 4.90 Å². The molecule has 0 spiro atoms. The number of carbonyl (C=O) groups is 3. The van der Waals surface area contributed by atoms with Crippen molar-refractivity contribution in [2.45, 2.75) is 0 Å². The Hall–Kier alpha value is -3.13. The number of benzene rings is 1. The van der Waals surface area contributed by atoms with E-state index in [0.29, 0.717) is 11.3 Å². The summed E-state index contributed by atoms with van der Waals surface area (Å²) in [6.45, 7) is 0. The monoisotopic (exact) mass is 311 g/mol. The van der Waals surface area contributed by atoms with Crippen molar-refractivity contribution in [2.75, 3.05) is 19.0 Å². The van der Waals surface area contributed by atoms with Crippen molar-refractivity contribution >= 4 is 23.4 Å². The molecule has 116 valence electrons. The van der Waals surface area contributed by atoms with Gasteiger partial charge in [0, 0.05) is 32.1 Å². The number of anilines is 1. The summed E-state index contributed by atoms with van der Waals surface area (Å²) < 4.78 is 0. The van der Waals surface area contributed by atoms with Gasteiger partial charge in [-0.25, -0.2) is 19.9 Å². The molecule has 8 heteroatoms. The van der Waals surface area contributed by atoms with Crippen LogP contribution in [0.15, 0.2) is 36.7 Å². The fourth-order valence-electron chi connectivity index (χ4n) is 2.22. The Morgan fingerprint density at radius 2 is 1.52 bits per heavy atom. The first-order chi connectivity index (χ1) is 11.0. The van der Waals surface area contributed by atoms with E-state index in [1.807, 2.05) is 0 Å². The molecule has 0 radical (unpaired) electrons. The van der Waals surface area contributed by atoms with E-state index < -0.39 is 11.8 Å². The van der Waals surface area contributed by atoms with Crippen LogP contribution in [0.2, 0.25) is 0 Å². The molecule has 0 saturated carbocycles. The van der Waals surface area contributed by atoms with Gasteiger partial charge in [0.1, 0.15) is 0 Å². The predicted molar refractivity (Wildman–Crippen MR) is 80.8 cm³/mol. The van der Waals surface area contributed by atoms with Crippen LogP contribution in [0.4, 0.5) is 5.69 Å². The second-order valence-corrected chi connectivity index (χ2v) is 5.08. The SMILES string of the molecule is CN(C)NC(=O)c1ccc(N2C(=O)c3nccnc3C2=O)cc1. The number of hydrogen-bond acceptors (Lipinski definition) is 6. The second-order valence-electron chi connectivity index (χ2n) is 5.08. The second kappa shape index (κ2) is 5.58. The quantitative estimate of drug-likeness (QED) is 0.654. The van der Waals surface area contributed by atoms with Gasteiger partial charge in [-0.05, 0) is 24.3 Å². The molecule has 2 heterocycles. The molecule has 0 bridgehead atoms. The predicted octanol–water partition coefficient (Wildman–Crippen LogP) is 0.484. The highest BCUT2D eigenvalue weighted by molar-refractivity contribution is 6.33. The molecule has 1 aliphatic rings. The lowest BCUT2D eigenvalue weighted by atomic mass is 10.2. The zero-order valence-corrected chi connectivity index (χ0v) is 12.5. The Balaban J connectivity index is 1.88. The van der Waals surface area contributed by atoms with Gasteiger partial charge in [0.15, 0.2) is 11.4 Å². The first kappa shape index (κ1) is 14.8. The Morgan fingerprint density at radius 1 is 1.00 bits per heavy atom. The van der Waals surface area contributed by atoms with E-state index in [1.54, 1.807) is 26.2 Å². The third-order valence-electron chi connectivity index (χ3n) is 3.22. The molecule has 8 nitrogen and oxygen atoms in total. The van der Waals surface area contributed by atoms with Crippen molar-refractivity contribution in [3.05, 3.63) is 53.6 Å². The molecule has 1 aliphatic heterocycles. The van der Waals surface area contributed by atoms with Gasteiger partial charge in [-0.2, -0.15) is 0 Å². The number of aromatic nitrogens is 2. The summed E-state index contributed by atoms with van der Waals surface area (Å²) >= 11 is 0. The largest absolute Gasteiger partial charge is 0.286 e. The van der Waals surface area contributed by atoms with Gasteiger partial charge in [-0.1, -0.05) is 0 Å². The van der Waals surface area contributed by atoms with Gasteiger partial charge >= 0.3 is 0 Å². The van der Waals surface area contributed by atoms with E-state index in [2.05, 4.69) is 15.4 Å². The van der Waals surface area contributed by atoms with E-state index >= 15 is 0 Å². The van der Waals surface area contributed by atoms with E-state index in [-0.39, 0.29) is 17.3 Å². The summed E-state index contributed by atoms with van der Waals surface area (Å²) in [4.78, 5) is 45.3. The molecule has 23 heavy (non-hydrogen) atoms. The van der Waals surface area contributed by atoms with Gasteiger partial charge in [0.25, 0.3) is 17.7 Å². The number of imide groups is 1. The van der Waals surface area contributed by atoms with Crippen LogP contribution in [-0.2, 0) is 0 Å². The number of hydrazine groups is 1. The molecule has 3 amide bonds. The zero-order chi connectivity index (χ0) is 16.6. The molecule has 3 rings (SSSR count). The maximum absolute atomic E-state index is 12.3. The van der Waals surface area contributed by atoms with Crippen LogP contribution in [-0.4, -0.2) is 46.8 Å². The normalized spacial score (nSPS) is 13.4. The molecular weight excluding hydrogens is 298 g/mol. The standard InChI is InChI=1S/C15H13N5O3/c1-19(2)18-13(21)9-3-5-10(6-4-9)20-14(22)11-12(15(20)23)17-8-7-16-11/h3-8H,1-2H3,(H,18,21). The minimum Gasteiger partial charge on any atom is -0.285 e. The summed E-state index contributed by atoms with van der Waals surface area (Å²) in [5, 5.41) is 1.53. The lowest BCUT2D eigenvalue weighted by Gasteiger charge is -2.15. The first-order valence-corrected chi connectivity index (χ1v) is 6.77. The molecule has 1 aromatic heterocycles. The number of amides is 3. The average molecular weight is 311 g/mol. The molecule has 0 unspecified atom stereocenters. The Bertz CT molecular complexity index is 766. The molecule has 0 aliphatic carbocycles. The van der Waals surface area contributed by atoms with E-state index in [1.165, 1.54) is 29.5 Å². The van der Waals surface area contributed by atoms with Crippen molar-refractivity contribution in [3.8, 4) is 0 Å². The minimum atomic E-state index is -0.524. The maximum atomic E-state index is 12.3. The van der Waals surface area contributed by atoms with Gasteiger partial charge in [0.05, 0.1) is 5.69 Å². The number of nitrogens with zero attached hydrogens (tertiary/aromatic N) is 4. The molecule has 2 aromatic rings. The van der Waals surface area contributed by atoms with E-state index in [4.69, 9.17) is 0 Å². The number of nitrogens with one attached hydrogen (secondary N) is 1. The molecule has 1 N–H and O–H groups in total. The number of hydrogen-bond donors (Lipinski definition) is 1. The van der Waals surface area contributed by atoms with Crippen molar-refractivity contribution in [1.29, 1.82) is 0 Å². The fourth-order valence-corrected chi connectivity index (χ4v) is 2.22. The van der Waals surface area contributed by atoms with Crippen molar-refractivity contribution in [1.82, 2.24) is 20.4 Å². The smallest absolute Gasteiger partial charge is 0.285 e. The van der Waals surface area contributed by atoms with Crippen LogP contribution in [0.3, 0.4) is 0 Å². The van der Waals surface area contributed by atoms with Crippen molar-refractivity contribution in [2.24, 2.45) is 0 Å². The highest BCUT2D eigenvalue weighted by Crippen LogP contribution is 2.25. The highest BCUT2D eigenvalue weighted by atomic mass is 16.2. The van der Waals surface area contributed by atoms with Gasteiger partial charge in [-0.15, -0.1) is 0 Å². The summed E-state index contributed by atoms with van der Waals surface area (Å²) in [6.07, 6.45) is 2.73. The van der Waals surface area contributed by atoms with Gasteiger partial charge in [-0.3, -0.25) is 19.8 Å². The molecule has 0 saturated heterocycles. The lowest BCUT2D eigenvalue weighted by molar-refractivity contribution is 0.0855. The molecular formula is C15H13N5O3. The molecule has 1 aromatic carbocycles. The lowest BCUT2D eigenvalue weighted by Crippen LogP contribution is -2.36. The van der Waals surface area contributed by atoms with Crippen molar-refractivity contribution < 1.29 is 14.4 Å². The number of fused-ring (bicyclic) bond motifs is 1. The highest BCUT2D eigenvalue weighted by Gasteiger charge is 2.39. The van der Waals surface area contributed by atoms with Gasteiger partial charge < -0.3 is 0 Å².